The van der Waals surface area contributed by atoms with Crippen molar-refractivity contribution >= 4 is 6.03 Å². The summed E-state index contributed by atoms with van der Waals surface area (Å²) >= 11 is 0. The third-order valence-electron chi connectivity index (χ3n) is 1.90. The van der Waals surface area contributed by atoms with E-state index < -0.39 is 6.10 Å². The smallest absolute Gasteiger partial charge is 0.315 e. The second-order valence-electron chi connectivity index (χ2n) is 3.34. The lowest BCUT2D eigenvalue weighted by Crippen LogP contribution is -2.43. The van der Waals surface area contributed by atoms with E-state index in [1.54, 1.807) is 6.92 Å². The maximum absolute atomic E-state index is 11.1. The number of aliphatic hydroxyl groups is 1. The zero-order chi connectivity index (χ0) is 9.68. The summed E-state index contributed by atoms with van der Waals surface area (Å²) < 4.78 is 0. The molecule has 4 nitrogen and oxygen atoms in total. The molecule has 3 N–H and O–H groups in total. The van der Waals surface area contributed by atoms with Crippen molar-refractivity contribution in [3.63, 3.8) is 0 Å². The predicted molar refractivity (Wildman–Crippen MR) is 50.4 cm³/mol. The zero-order valence-electron chi connectivity index (χ0n) is 7.79. The Kier molecular flexibility index (Phi) is 3.76. The Bertz CT molecular complexity index is 194. The number of urea groups is 1. The molecule has 0 radical (unpaired) electrons. The Morgan fingerprint density at radius 1 is 1.62 bits per heavy atom. The van der Waals surface area contributed by atoms with E-state index in [1.807, 2.05) is 0 Å². The van der Waals surface area contributed by atoms with Crippen LogP contribution < -0.4 is 10.6 Å². The Labute approximate surface area is 78.0 Å². The van der Waals surface area contributed by atoms with Gasteiger partial charge in [0.15, 0.2) is 0 Å². The molecule has 74 valence electrons. The van der Waals surface area contributed by atoms with E-state index in [0.29, 0.717) is 6.54 Å². The van der Waals surface area contributed by atoms with Gasteiger partial charge >= 0.3 is 6.03 Å². The first-order valence-corrected chi connectivity index (χ1v) is 4.56. The minimum atomic E-state index is -0.493. The molecule has 2 amide bonds. The van der Waals surface area contributed by atoms with Gasteiger partial charge in [0.05, 0.1) is 6.10 Å². The van der Waals surface area contributed by atoms with Gasteiger partial charge in [0.1, 0.15) is 0 Å². The molecule has 0 unspecified atom stereocenters. The van der Waals surface area contributed by atoms with Gasteiger partial charge in [0, 0.05) is 12.6 Å². The Morgan fingerprint density at radius 2 is 2.23 bits per heavy atom. The minimum Gasteiger partial charge on any atom is -0.392 e. The molecule has 1 aliphatic carbocycles. The lowest BCUT2D eigenvalue weighted by atomic mass is 10.2. The van der Waals surface area contributed by atoms with Crippen LogP contribution in [0.1, 0.15) is 19.8 Å². The van der Waals surface area contributed by atoms with Gasteiger partial charge in [-0.1, -0.05) is 12.2 Å². The van der Waals surface area contributed by atoms with Crippen molar-refractivity contribution < 1.29 is 9.90 Å². The van der Waals surface area contributed by atoms with Gasteiger partial charge in [-0.3, -0.25) is 0 Å². The number of hydrogen-bond acceptors (Lipinski definition) is 2. The van der Waals surface area contributed by atoms with Crippen molar-refractivity contribution in [2.75, 3.05) is 6.54 Å². The number of amides is 2. The summed E-state index contributed by atoms with van der Waals surface area (Å²) in [7, 11) is 0. The normalized spacial score (nSPS) is 18.6. The van der Waals surface area contributed by atoms with Crippen molar-refractivity contribution in [3.05, 3.63) is 12.2 Å². The minimum absolute atomic E-state index is 0.199. The van der Waals surface area contributed by atoms with Crippen LogP contribution >= 0.6 is 0 Å². The summed E-state index contributed by atoms with van der Waals surface area (Å²) in [5.74, 6) is 0. The zero-order valence-corrected chi connectivity index (χ0v) is 7.79. The summed E-state index contributed by atoms with van der Waals surface area (Å²) in [4.78, 5) is 11.1. The molecule has 1 aliphatic rings. The molecule has 0 bridgehead atoms. The van der Waals surface area contributed by atoms with Crippen molar-refractivity contribution in [3.8, 4) is 0 Å². The molecular weight excluding hydrogens is 168 g/mol. The van der Waals surface area contributed by atoms with Crippen LogP contribution in [0.25, 0.3) is 0 Å². The van der Waals surface area contributed by atoms with Crippen LogP contribution in [0, 0.1) is 0 Å². The predicted octanol–water partition coefficient (Wildman–Crippen LogP) is 0.385. The van der Waals surface area contributed by atoms with E-state index in [-0.39, 0.29) is 12.1 Å². The van der Waals surface area contributed by atoms with Crippen LogP contribution in [-0.2, 0) is 0 Å². The van der Waals surface area contributed by atoms with Crippen molar-refractivity contribution in [2.24, 2.45) is 0 Å². The second kappa shape index (κ2) is 4.87. The highest BCUT2D eigenvalue weighted by atomic mass is 16.3. The Balaban J connectivity index is 2.10. The van der Waals surface area contributed by atoms with Crippen molar-refractivity contribution in [2.45, 2.75) is 31.9 Å². The van der Waals surface area contributed by atoms with Crippen LogP contribution in [-0.4, -0.2) is 29.8 Å². The quantitative estimate of drug-likeness (QED) is 0.555. The third-order valence-corrected chi connectivity index (χ3v) is 1.90. The maximum Gasteiger partial charge on any atom is 0.315 e. The molecule has 13 heavy (non-hydrogen) atoms. The van der Waals surface area contributed by atoms with E-state index in [0.717, 1.165) is 12.8 Å². The number of hydrogen-bond donors (Lipinski definition) is 3. The first kappa shape index (κ1) is 10.1. The topological polar surface area (TPSA) is 61.4 Å². The van der Waals surface area contributed by atoms with Gasteiger partial charge in [-0.15, -0.1) is 0 Å². The Hall–Kier alpha value is -1.03. The molecule has 0 spiro atoms. The van der Waals surface area contributed by atoms with Gasteiger partial charge in [0.2, 0.25) is 0 Å². The summed E-state index contributed by atoms with van der Waals surface area (Å²) in [5, 5.41) is 14.3. The van der Waals surface area contributed by atoms with Crippen molar-refractivity contribution in [1.29, 1.82) is 0 Å². The molecule has 4 heteroatoms. The first-order chi connectivity index (χ1) is 6.18. The molecule has 1 atom stereocenters. The van der Waals surface area contributed by atoms with E-state index >= 15 is 0 Å². The van der Waals surface area contributed by atoms with Crippen LogP contribution in [0.5, 0.6) is 0 Å². The lowest BCUT2D eigenvalue weighted by Gasteiger charge is -2.13. The van der Waals surface area contributed by atoms with E-state index in [9.17, 15) is 4.79 Å². The van der Waals surface area contributed by atoms with E-state index in [4.69, 9.17) is 5.11 Å². The van der Waals surface area contributed by atoms with Crippen LogP contribution in [0.15, 0.2) is 12.2 Å². The average Bonchev–Trinajstić information content (AvgIpc) is 2.53. The number of carbonyl (C=O) groups excluding carboxylic acids is 1. The molecule has 0 heterocycles. The standard InChI is InChI=1S/C9H16N2O2/c1-7(12)6-10-9(13)11-8-4-2-3-5-8/h2-3,7-8,12H,4-6H2,1H3,(H2,10,11,13)/t7-/m1/s1. The fourth-order valence-electron chi connectivity index (χ4n) is 1.21. The number of carbonyl (C=O) groups is 1. The molecule has 0 aliphatic heterocycles. The van der Waals surface area contributed by atoms with Gasteiger partial charge < -0.3 is 15.7 Å². The molecule has 1 rings (SSSR count). The van der Waals surface area contributed by atoms with Crippen LogP contribution in [0.4, 0.5) is 4.79 Å². The number of rotatable bonds is 3. The summed E-state index contributed by atoms with van der Waals surface area (Å²) in [6.07, 6.45) is 5.43. The molecule has 0 saturated carbocycles. The van der Waals surface area contributed by atoms with Gasteiger partial charge in [-0.05, 0) is 19.8 Å². The highest BCUT2D eigenvalue weighted by Gasteiger charge is 2.12. The molecule has 0 aromatic heterocycles. The fourth-order valence-corrected chi connectivity index (χ4v) is 1.21. The third kappa shape index (κ3) is 3.94. The lowest BCUT2D eigenvalue weighted by molar-refractivity contribution is 0.187. The van der Waals surface area contributed by atoms with Gasteiger partial charge in [-0.25, -0.2) is 4.79 Å². The average molecular weight is 184 g/mol. The van der Waals surface area contributed by atoms with Crippen LogP contribution in [0.3, 0.4) is 0 Å². The van der Waals surface area contributed by atoms with Gasteiger partial charge in [0.25, 0.3) is 0 Å². The number of aliphatic hydroxyl groups excluding tert-OH is 1. The van der Waals surface area contributed by atoms with Crippen LogP contribution in [0.2, 0.25) is 0 Å². The maximum atomic E-state index is 11.1. The van der Waals surface area contributed by atoms with Crippen molar-refractivity contribution in [1.82, 2.24) is 10.6 Å². The van der Waals surface area contributed by atoms with E-state index in [2.05, 4.69) is 22.8 Å². The molecular formula is C9H16N2O2. The highest BCUT2D eigenvalue weighted by molar-refractivity contribution is 5.74. The Morgan fingerprint density at radius 3 is 2.77 bits per heavy atom. The highest BCUT2D eigenvalue weighted by Crippen LogP contribution is 2.08. The molecule has 0 aromatic rings. The number of nitrogens with one attached hydrogen (secondary N) is 2. The summed E-state index contributed by atoms with van der Waals surface area (Å²) in [6.45, 7) is 1.93. The van der Waals surface area contributed by atoms with Gasteiger partial charge in [-0.2, -0.15) is 0 Å². The largest absolute Gasteiger partial charge is 0.392 e. The molecule has 0 saturated heterocycles. The summed E-state index contributed by atoms with van der Waals surface area (Å²) in [6, 6.07) is 0.0311. The SMILES string of the molecule is C[C@@H](O)CNC(=O)NC1CC=CC1. The van der Waals surface area contributed by atoms with E-state index in [1.165, 1.54) is 0 Å². The second-order valence-corrected chi connectivity index (χ2v) is 3.34. The summed E-state index contributed by atoms with van der Waals surface area (Å²) in [5.41, 5.74) is 0. The molecule has 0 aromatic carbocycles. The fraction of sp³-hybridized carbons (Fsp3) is 0.667. The first-order valence-electron chi connectivity index (χ1n) is 4.56. The molecule has 0 fully saturated rings. The monoisotopic (exact) mass is 184 g/mol.